The Balaban J connectivity index is 2.02. The second kappa shape index (κ2) is 8.00. The summed E-state index contributed by atoms with van der Waals surface area (Å²) >= 11 is 1.68. The van der Waals surface area contributed by atoms with Crippen LogP contribution in [0.4, 0.5) is 4.39 Å². The first-order chi connectivity index (χ1) is 10.2. The van der Waals surface area contributed by atoms with Crippen LogP contribution in [0.3, 0.4) is 0 Å². The van der Waals surface area contributed by atoms with Crippen LogP contribution in [0.2, 0.25) is 0 Å². The van der Waals surface area contributed by atoms with Gasteiger partial charge in [-0.05, 0) is 49.9 Å². The van der Waals surface area contributed by atoms with Crippen LogP contribution >= 0.6 is 11.8 Å². The molecule has 0 saturated carbocycles. The van der Waals surface area contributed by atoms with Gasteiger partial charge in [0, 0.05) is 22.9 Å². The number of nitrogens with one attached hydrogen (secondary N) is 1. The molecule has 0 bridgehead atoms. The number of nitrogens with zero attached hydrogens (tertiary/aromatic N) is 1. The Morgan fingerprint density at radius 2 is 2.05 bits per heavy atom. The average molecular weight is 306 g/mol. The highest BCUT2D eigenvalue weighted by Crippen LogP contribution is 2.26. The molecule has 21 heavy (non-hydrogen) atoms. The van der Waals surface area contributed by atoms with E-state index in [0.29, 0.717) is 6.61 Å². The summed E-state index contributed by atoms with van der Waals surface area (Å²) in [6.45, 7) is 2.58. The Kier molecular flexibility index (Phi) is 6.02. The molecule has 0 aliphatic heterocycles. The third-order valence-electron chi connectivity index (χ3n) is 3.03. The van der Waals surface area contributed by atoms with Crippen molar-refractivity contribution in [3.63, 3.8) is 0 Å². The number of thioether (sulfide) groups is 1. The van der Waals surface area contributed by atoms with Crippen LogP contribution in [-0.2, 0) is 0 Å². The lowest BCUT2D eigenvalue weighted by atomic mass is 10.1. The fourth-order valence-corrected chi connectivity index (χ4v) is 2.98. The third-order valence-corrected chi connectivity index (χ3v) is 4.13. The first-order valence-corrected chi connectivity index (χ1v) is 7.85. The fourth-order valence-electron chi connectivity index (χ4n) is 1.93. The summed E-state index contributed by atoms with van der Waals surface area (Å²) in [6, 6.07) is 8.71. The van der Waals surface area contributed by atoms with Gasteiger partial charge < -0.3 is 10.1 Å². The summed E-state index contributed by atoms with van der Waals surface area (Å²) in [4.78, 5) is 5.26. The van der Waals surface area contributed by atoms with Gasteiger partial charge in [-0.3, -0.25) is 4.98 Å². The summed E-state index contributed by atoms with van der Waals surface area (Å²) in [6.07, 6.45) is 3.56. The van der Waals surface area contributed by atoms with E-state index in [9.17, 15) is 4.39 Å². The number of hydrogen-bond donors (Lipinski definition) is 1. The molecule has 0 saturated heterocycles. The molecule has 2 aromatic rings. The van der Waals surface area contributed by atoms with Crippen LogP contribution in [0, 0.1) is 5.82 Å². The predicted molar refractivity (Wildman–Crippen MR) is 84.3 cm³/mol. The van der Waals surface area contributed by atoms with Crippen molar-refractivity contribution in [3.8, 4) is 5.75 Å². The zero-order valence-corrected chi connectivity index (χ0v) is 13.0. The van der Waals surface area contributed by atoms with Crippen LogP contribution in [0.15, 0.2) is 47.6 Å². The maximum absolute atomic E-state index is 12.9. The molecule has 1 aromatic carbocycles. The average Bonchev–Trinajstić information content (AvgIpc) is 2.50. The highest BCUT2D eigenvalue weighted by atomic mass is 32.2. The number of rotatable bonds is 7. The van der Waals surface area contributed by atoms with Crippen molar-refractivity contribution in [2.75, 3.05) is 19.4 Å². The first-order valence-electron chi connectivity index (χ1n) is 6.86. The molecule has 1 atom stereocenters. The molecule has 0 amide bonds. The number of aromatic nitrogens is 1. The lowest BCUT2D eigenvalue weighted by molar-refractivity contribution is 0.338. The Morgan fingerprint density at radius 1 is 1.29 bits per heavy atom. The second-order valence-corrected chi connectivity index (χ2v) is 5.59. The molecule has 0 spiro atoms. The largest absolute Gasteiger partial charge is 0.492 e. The number of pyridine rings is 1. The van der Waals surface area contributed by atoms with Crippen molar-refractivity contribution in [3.05, 3.63) is 54.1 Å². The van der Waals surface area contributed by atoms with Gasteiger partial charge in [0.25, 0.3) is 0 Å². The highest BCUT2D eigenvalue weighted by Gasteiger charge is 2.11. The monoisotopic (exact) mass is 306 g/mol. The topological polar surface area (TPSA) is 34.1 Å². The van der Waals surface area contributed by atoms with Crippen molar-refractivity contribution in [2.45, 2.75) is 17.9 Å². The van der Waals surface area contributed by atoms with Gasteiger partial charge in [0.05, 0.1) is 12.8 Å². The van der Waals surface area contributed by atoms with Crippen molar-refractivity contribution >= 4 is 11.8 Å². The minimum Gasteiger partial charge on any atom is -0.492 e. The highest BCUT2D eigenvalue weighted by molar-refractivity contribution is 7.99. The van der Waals surface area contributed by atoms with Gasteiger partial charge in [-0.25, -0.2) is 4.39 Å². The van der Waals surface area contributed by atoms with E-state index in [1.165, 1.54) is 12.1 Å². The third kappa shape index (κ3) is 4.72. The van der Waals surface area contributed by atoms with Crippen molar-refractivity contribution < 1.29 is 9.13 Å². The van der Waals surface area contributed by atoms with E-state index in [4.69, 9.17) is 4.74 Å². The lowest BCUT2D eigenvalue weighted by Gasteiger charge is -2.16. The van der Waals surface area contributed by atoms with Gasteiger partial charge in [0.1, 0.15) is 11.6 Å². The molecular weight excluding hydrogens is 287 g/mol. The summed E-state index contributed by atoms with van der Waals surface area (Å²) in [7, 11) is 1.92. The summed E-state index contributed by atoms with van der Waals surface area (Å²) in [5.74, 6) is 1.40. The number of halogens is 1. The van der Waals surface area contributed by atoms with E-state index < -0.39 is 0 Å². The lowest BCUT2D eigenvalue weighted by Crippen LogP contribution is -2.19. The number of hydrogen-bond acceptors (Lipinski definition) is 4. The minimum atomic E-state index is -0.210. The fraction of sp³-hybridized carbons (Fsp3) is 0.312. The Bertz CT molecular complexity index is 562. The zero-order chi connectivity index (χ0) is 15.1. The molecule has 1 heterocycles. The molecule has 0 aliphatic carbocycles. The number of benzene rings is 1. The summed E-state index contributed by atoms with van der Waals surface area (Å²) < 4.78 is 18.4. The first kappa shape index (κ1) is 15.8. The smallest absolute Gasteiger partial charge is 0.137 e. The van der Waals surface area contributed by atoms with Gasteiger partial charge in [0.2, 0.25) is 0 Å². The van der Waals surface area contributed by atoms with Gasteiger partial charge in [-0.2, -0.15) is 0 Å². The summed E-state index contributed by atoms with van der Waals surface area (Å²) in [5, 5.41) is 3.28. The maximum atomic E-state index is 12.9. The molecule has 0 radical (unpaired) electrons. The van der Waals surface area contributed by atoms with E-state index in [1.54, 1.807) is 30.1 Å². The van der Waals surface area contributed by atoms with Gasteiger partial charge in [-0.15, -0.1) is 11.8 Å². The van der Waals surface area contributed by atoms with Crippen molar-refractivity contribution in [1.82, 2.24) is 10.3 Å². The molecular formula is C16H19FN2OS. The van der Waals surface area contributed by atoms with Crippen LogP contribution in [-0.4, -0.2) is 24.4 Å². The van der Waals surface area contributed by atoms with E-state index in [0.717, 1.165) is 22.0 Å². The quantitative estimate of drug-likeness (QED) is 0.791. The normalized spacial score (nSPS) is 12.1. The van der Waals surface area contributed by atoms with Crippen LogP contribution in [0.25, 0.3) is 0 Å². The Labute approximate surface area is 128 Å². The van der Waals surface area contributed by atoms with E-state index in [2.05, 4.69) is 10.3 Å². The minimum absolute atomic E-state index is 0.160. The SMILES string of the molecule is CCOc1cncc(C(CSc2ccc(F)cc2)NC)c1. The van der Waals surface area contributed by atoms with Crippen LogP contribution in [0.1, 0.15) is 18.5 Å². The van der Waals surface area contributed by atoms with Gasteiger partial charge in [-0.1, -0.05) is 0 Å². The van der Waals surface area contributed by atoms with E-state index >= 15 is 0 Å². The Morgan fingerprint density at radius 3 is 2.71 bits per heavy atom. The molecule has 3 nitrogen and oxygen atoms in total. The second-order valence-electron chi connectivity index (χ2n) is 4.49. The van der Waals surface area contributed by atoms with Gasteiger partial charge >= 0.3 is 0 Å². The van der Waals surface area contributed by atoms with Crippen molar-refractivity contribution in [2.24, 2.45) is 0 Å². The Hall–Kier alpha value is -1.59. The molecule has 1 unspecified atom stereocenters. The molecule has 112 valence electrons. The summed E-state index contributed by atoms with van der Waals surface area (Å²) in [5.41, 5.74) is 1.08. The number of ether oxygens (including phenoxy) is 1. The standard InChI is InChI=1S/C16H19FN2OS/c1-3-20-14-8-12(9-19-10-14)16(18-2)11-21-15-6-4-13(17)5-7-15/h4-10,16,18H,3,11H2,1-2H3. The zero-order valence-electron chi connectivity index (χ0n) is 12.2. The van der Waals surface area contributed by atoms with Gasteiger partial charge in [0.15, 0.2) is 0 Å². The van der Waals surface area contributed by atoms with E-state index in [-0.39, 0.29) is 11.9 Å². The predicted octanol–water partition coefficient (Wildman–Crippen LogP) is 3.67. The molecule has 2 rings (SSSR count). The molecule has 0 fully saturated rings. The molecule has 1 N–H and O–H groups in total. The molecule has 0 aliphatic rings. The molecule has 5 heteroatoms. The van der Waals surface area contributed by atoms with Crippen molar-refractivity contribution in [1.29, 1.82) is 0 Å². The van der Waals surface area contributed by atoms with Crippen LogP contribution < -0.4 is 10.1 Å². The van der Waals surface area contributed by atoms with E-state index in [1.807, 2.05) is 26.2 Å². The van der Waals surface area contributed by atoms with Crippen LogP contribution in [0.5, 0.6) is 5.75 Å². The molecule has 1 aromatic heterocycles. The maximum Gasteiger partial charge on any atom is 0.137 e.